The number of rotatable bonds is 2. The Hall–Kier alpha value is -2.14. The highest BCUT2D eigenvalue weighted by Crippen LogP contribution is 2.31. The molecule has 1 atom stereocenters. The zero-order valence-electron chi connectivity index (χ0n) is 10.9. The molecule has 4 nitrogen and oxygen atoms in total. The Morgan fingerprint density at radius 1 is 1.20 bits per heavy atom. The van der Waals surface area contributed by atoms with Crippen LogP contribution < -0.4 is 5.32 Å². The monoisotopic (exact) mass is 282 g/mol. The first-order chi connectivity index (χ1) is 9.92. The fraction of sp³-hybridized carbons (Fsp3) is 0.200. The molecular weight excluding hydrogens is 268 g/mol. The van der Waals surface area contributed by atoms with Crippen molar-refractivity contribution in [2.24, 2.45) is 0 Å². The van der Waals surface area contributed by atoms with Crippen LogP contribution in [0.15, 0.2) is 47.2 Å². The summed E-state index contributed by atoms with van der Waals surface area (Å²) in [4.78, 5) is 4.63. The molecule has 0 bridgehead atoms. The molecule has 100 valence electrons. The van der Waals surface area contributed by atoms with Crippen molar-refractivity contribution in [2.45, 2.75) is 12.5 Å². The van der Waals surface area contributed by atoms with Gasteiger partial charge >= 0.3 is 0 Å². The number of fused-ring (bicyclic) bond motifs is 1. The van der Waals surface area contributed by atoms with Crippen LogP contribution in [0.3, 0.4) is 0 Å². The van der Waals surface area contributed by atoms with E-state index in [9.17, 15) is 0 Å². The van der Waals surface area contributed by atoms with Gasteiger partial charge in [-0.05, 0) is 28.8 Å². The fourth-order valence-corrected chi connectivity index (χ4v) is 3.29. The summed E-state index contributed by atoms with van der Waals surface area (Å²) in [5, 5.41) is 12.4. The zero-order valence-corrected chi connectivity index (χ0v) is 11.7. The van der Waals surface area contributed by atoms with Crippen LogP contribution in [0.4, 0.5) is 5.95 Å². The van der Waals surface area contributed by atoms with Crippen LogP contribution in [-0.2, 0) is 0 Å². The highest BCUT2D eigenvalue weighted by Gasteiger charge is 2.24. The van der Waals surface area contributed by atoms with Gasteiger partial charge in [-0.2, -0.15) is 16.3 Å². The fourth-order valence-electron chi connectivity index (χ4n) is 2.59. The summed E-state index contributed by atoms with van der Waals surface area (Å²) < 4.78 is 2.02. The molecule has 1 unspecified atom stereocenters. The molecular formula is C15H14N4S. The quantitative estimate of drug-likeness (QED) is 0.783. The number of thiophene rings is 1. The Bertz CT molecular complexity index is 703. The van der Waals surface area contributed by atoms with Gasteiger partial charge in [0.05, 0.1) is 6.04 Å². The van der Waals surface area contributed by atoms with Crippen molar-refractivity contribution in [1.29, 1.82) is 0 Å². The summed E-state index contributed by atoms with van der Waals surface area (Å²) in [5.74, 6) is 1.65. The molecule has 1 aliphatic rings. The van der Waals surface area contributed by atoms with Crippen LogP contribution in [0.5, 0.6) is 0 Å². The molecule has 0 saturated carbocycles. The molecule has 1 aromatic carbocycles. The number of nitrogens with one attached hydrogen (secondary N) is 1. The first-order valence-corrected chi connectivity index (χ1v) is 7.64. The lowest BCUT2D eigenvalue weighted by Crippen LogP contribution is -2.24. The first-order valence-electron chi connectivity index (χ1n) is 6.70. The van der Waals surface area contributed by atoms with Gasteiger partial charge in [0, 0.05) is 12.1 Å². The van der Waals surface area contributed by atoms with Gasteiger partial charge in [0.15, 0.2) is 5.82 Å². The van der Waals surface area contributed by atoms with E-state index in [2.05, 4.69) is 27.1 Å². The van der Waals surface area contributed by atoms with Crippen molar-refractivity contribution in [3.8, 4) is 11.4 Å². The van der Waals surface area contributed by atoms with E-state index >= 15 is 0 Å². The smallest absolute Gasteiger partial charge is 0.222 e. The minimum absolute atomic E-state index is 0.294. The van der Waals surface area contributed by atoms with Crippen molar-refractivity contribution >= 4 is 17.3 Å². The third-order valence-electron chi connectivity index (χ3n) is 3.59. The standard InChI is InChI=1S/C15H14N4S/c1-2-4-11(5-3-1)14-17-15-16-8-6-13(19(15)18-14)12-7-9-20-10-12/h1-5,7,9-10,13H,6,8H2,(H,16,17,18). The van der Waals surface area contributed by atoms with Gasteiger partial charge in [0.1, 0.15) is 0 Å². The van der Waals surface area contributed by atoms with Crippen LogP contribution in [-0.4, -0.2) is 21.3 Å². The lowest BCUT2D eigenvalue weighted by atomic mass is 10.1. The molecule has 0 fully saturated rings. The maximum atomic E-state index is 4.71. The van der Waals surface area contributed by atoms with E-state index in [1.807, 2.05) is 35.0 Å². The number of hydrogen-bond acceptors (Lipinski definition) is 4. The maximum absolute atomic E-state index is 4.71. The molecule has 0 spiro atoms. The van der Waals surface area contributed by atoms with Crippen LogP contribution in [0.2, 0.25) is 0 Å². The number of hydrogen-bond donors (Lipinski definition) is 1. The third kappa shape index (κ3) is 1.91. The molecule has 0 amide bonds. The molecule has 0 saturated heterocycles. The average molecular weight is 282 g/mol. The summed E-state index contributed by atoms with van der Waals surface area (Å²) >= 11 is 1.73. The Labute approximate surface area is 121 Å². The molecule has 1 aliphatic heterocycles. The summed E-state index contributed by atoms with van der Waals surface area (Å²) in [6.45, 7) is 0.938. The number of nitrogens with zero attached hydrogens (tertiary/aromatic N) is 3. The molecule has 0 radical (unpaired) electrons. The largest absolute Gasteiger partial charge is 0.354 e. The second-order valence-corrected chi connectivity index (χ2v) is 5.64. The average Bonchev–Trinajstić information content (AvgIpc) is 3.17. The van der Waals surface area contributed by atoms with E-state index in [1.165, 1.54) is 5.56 Å². The van der Waals surface area contributed by atoms with E-state index in [4.69, 9.17) is 5.10 Å². The number of benzene rings is 1. The van der Waals surface area contributed by atoms with Gasteiger partial charge in [0.25, 0.3) is 0 Å². The van der Waals surface area contributed by atoms with Gasteiger partial charge in [-0.25, -0.2) is 4.68 Å². The Morgan fingerprint density at radius 2 is 2.10 bits per heavy atom. The molecule has 1 N–H and O–H groups in total. The first kappa shape index (κ1) is 11.7. The number of aromatic nitrogens is 3. The Kier molecular flexibility index (Phi) is 2.77. The van der Waals surface area contributed by atoms with Crippen molar-refractivity contribution in [3.05, 3.63) is 52.7 Å². The summed E-state index contributed by atoms with van der Waals surface area (Å²) in [7, 11) is 0. The van der Waals surface area contributed by atoms with E-state index < -0.39 is 0 Å². The van der Waals surface area contributed by atoms with Crippen molar-refractivity contribution in [2.75, 3.05) is 11.9 Å². The van der Waals surface area contributed by atoms with Crippen LogP contribution in [0, 0.1) is 0 Å². The third-order valence-corrected chi connectivity index (χ3v) is 4.29. The minimum Gasteiger partial charge on any atom is -0.354 e. The topological polar surface area (TPSA) is 42.7 Å². The molecule has 2 aromatic heterocycles. The molecule has 4 rings (SSSR count). The predicted octanol–water partition coefficient (Wildman–Crippen LogP) is 3.41. The van der Waals surface area contributed by atoms with Crippen LogP contribution in [0.25, 0.3) is 11.4 Å². The van der Waals surface area contributed by atoms with Crippen molar-refractivity contribution < 1.29 is 0 Å². The zero-order chi connectivity index (χ0) is 13.4. The predicted molar refractivity (Wildman–Crippen MR) is 81.0 cm³/mol. The lowest BCUT2D eigenvalue weighted by molar-refractivity contribution is 0.482. The minimum atomic E-state index is 0.294. The SMILES string of the molecule is c1ccc(-c2nc3n(n2)C(c2ccsc2)CCN3)cc1. The molecule has 3 heterocycles. The van der Waals surface area contributed by atoms with Gasteiger partial charge in [0.2, 0.25) is 5.95 Å². The molecule has 5 heteroatoms. The van der Waals surface area contributed by atoms with Gasteiger partial charge in [-0.15, -0.1) is 5.10 Å². The maximum Gasteiger partial charge on any atom is 0.222 e. The van der Waals surface area contributed by atoms with Gasteiger partial charge < -0.3 is 5.32 Å². The van der Waals surface area contributed by atoms with Gasteiger partial charge in [-0.1, -0.05) is 30.3 Å². The highest BCUT2D eigenvalue weighted by molar-refractivity contribution is 7.07. The number of anilines is 1. The molecule has 20 heavy (non-hydrogen) atoms. The summed E-state index contributed by atoms with van der Waals surface area (Å²) in [5.41, 5.74) is 2.38. The van der Waals surface area contributed by atoms with Crippen LogP contribution >= 0.6 is 11.3 Å². The van der Waals surface area contributed by atoms with E-state index in [0.717, 1.165) is 30.3 Å². The Morgan fingerprint density at radius 3 is 2.90 bits per heavy atom. The van der Waals surface area contributed by atoms with Crippen molar-refractivity contribution in [1.82, 2.24) is 14.8 Å². The molecule has 3 aromatic rings. The second kappa shape index (κ2) is 4.76. The van der Waals surface area contributed by atoms with Crippen molar-refractivity contribution in [3.63, 3.8) is 0 Å². The molecule has 0 aliphatic carbocycles. The summed E-state index contributed by atoms with van der Waals surface area (Å²) in [6.07, 6.45) is 1.04. The summed E-state index contributed by atoms with van der Waals surface area (Å²) in [6, 6.07) is 12.6. The van der Waals surface area contributed by atoms with Gasteiger partial charge in [-0.3, -0.25) is 0 Å². The normalized spacial score (nSPS) is 17.5. The van der Waals surface area contributed by atoms with Crippen LogP contribution in [0.1, 0.15) is 18.0 Å². The Balaban J connectivity index is 1.78. The second-order valence-electron chi connectivity index (χ2n) is 4.86. The van der Waals surface area contributed by atoms with E-state index in [1.54, 1.807) is 11.3 Å². The highest BCUT2D eigenvalue weighted by atomic mass is 32.1. The van der Waals surface area contributed by atoms with E-state index in [-0.39, 0.29) is 0 Å². The van der Waals surface area contributed by atoms with E-state index in [0.29, 0.717) is 6.04 Å². The lowest BCUT2D eigenvalue weighted by Gasteiger charge is -2.23.